The van der Waals surface area contributed by atoms with Gasteiger partial charge < -0.3 is 33.2 Å². The van der Waals surface area contributed by atoms with Crippen molar-refractivity contribution in [2.45, 2.75) is 6.10 Å². The Morgan fingerprint density at radius 3 is 1.68 bits per heavy atom. The highest BCUT2D eigenvalue weighted by molar-refractivity contribution is 5.36. The minimum Gasteiger partial charge on any atom is -0.465 e. The first-order chi connectivity index (χ1) is 10.9. The van der Waals surface area contributed by atoms with Gasteiger partial charge in [-0.05, 0) is 0 Å². The summed E-state index contributed by atoms with van der Waals surface area (Å²) in [5.41, 5.74) is 0. The number of hydrogen-bond donors (Lipinski definition) is 0. The van der Waals surface area contributed by atoms with Crippen molar-refractivity contribution in [3.8, 4) is 0 Å². The molecule has 1 aliphatic rings. The van der Waals surface area contributed by atoms with E-state index in [1.165, 1.54) is 0 Å². The van der Waals surface area contributed by atoms with E-state index in [0.29, 0.717) is 79.1 Å². The van der Waals surface area contributed by atoms with Gasteiger partial charge in [-0.2, -0.15) is 0 Å². The summed E-state index contributed by atoms with van der Waals surface area (Å²) in [6.45, 7) is 5.78. The monoisotopic (exact) mass is 322 g/mol. The van der Waals surface area contributed by atoms with E-state index >= 15 is 0 Å². The Labute approximate surface area is 130 Å². The molecule has 0 bridgehead atoms. The molecular formula is C14H26O8. The molecule has 0 radical (unpaired) electrons. The van der Waals surface area contributed by atoms with E-state index in [4.69, 9.17) is 33.2 Å². The molecule has 8 nitrogen and oxygen atoms in total. The molecule has 1 saturated heterocycles. The molecule has 1 unspecified atom stereocenters. The van der Waals surface area contributed by atoms with Gasteiger partial charge in [-0.15, -0.1) is 0 Å². The largest absolute Gasteiger partial charge is 0.465 e. The van der Waals surface area contributed by atoms with E-state index in [9.17, 15) is 4.79 Å². The maximum Gasteiger partial charge on any atom is 0.293 e. The van der Waals surface area contributed by atoms with Gasteiger partial charge in [0.2, 0.25) is 0 Å². The summed E-state index contributed by atoms with van der Waals surface area (Å²) in [4.78, 5) is 10.3. The highest BCUT2D eigenvalue weighted by Gasteiger charge is 2.10. The second-order valence-electron chi connectivity index (χ2n) is 4.45. The molecule has 0 aromatic rings. The third-order valence-electron chi connectivity index (χ3n) is 2.72. The van der Waals surface area contributed by atoms with Crippen LogP contribution in [0.15, 0.2) is 0 Å². The lowest BCUT2D eigenvalue weighted by Crippen LogP contribution is -2.28. The lowest BCUT2D eigenvalue weighted by Gasteiger charge is -2.17. The lowest BCUT2D eigenvalue weighted by atomic mass is 10.4. The summed E-state index contributed by atoms with van der Waals surface area (Å²) in [5.74, 6) is 0. The molecule has 0 N–H and O–H groups in total. The second-order valence-corrected chi connectivity index (χ2v) is 4.45. The first-order valence-electron chi connectivity index (χ1n) is 7.49. The Balaban J connectivity index is 2.22. The Kier molecular flexibility index (Phi) is 13.3. The smallest absolute Gasteiger partial charge is 0.293 e. The first-order valence-corrected chi connectivity index (χ1v) is 7.49. The topological polar surface area (TPSA) is 81.7 Å². The van der Waals surface area contributed by atoms with E-state index in [0.717, 1.165) is 0 Å². The van der Waals surface area contributed by atoms with E-state index in [1.54, 1.807) is 0 Å². The Hall–Kier alpha value is -0.770. The first kappa shape index (κ1) is 19.3. The molecule has 1 atom stereocenters. The van der Waals surface area contributed by atoms with Crippen LogP contribution in [0.3, 0.4) is 0 Å². The van der Waals surface area contributed by atoms with Gasteiger partial charge in [0.1, 0.15) is 12.7 Å². The van der Waals surface area contributed by atoms with Gasteiger partial charge in [0.05, 0.1) is 72.7 Å². The van der Waals surface area contributed by atoms with Gasteiger partial charge in [0.25, 0.3) is 6.47 Å². The fraction of sp³-hybridized carbons (Fsp3) is 0.929. The van der Waals surface area contributed by atoms with Crippen LogP contribution in [-0.2, 0) is 38.0 Å². The molecule has 1 fully saturated rings. The zero-order chi connectivity index (χ0) is 15.7. The van der Waals surface area contributed by atoms with Crippen LogP contribution in [-0.4, -0.2) is 91.9 Å². The normalized spacial score (nSPS) is 24.8. The van der Waals surface area contributed by atoms with Crippen LogP contribution >= 0.6 is 0 Å². The summed E-state index contributed by atoms with van der Waals surface area (Å²) in [5, 5.41) is 0. The third kappa shape index (κ3) is 11.8. The SMILES string of the molecule is O=COCC1COCCOCCOCCOCCOCCO1. The minimum atomic E-state index is -0.313. The number of carbonyl (C=O) groups is 1. The zero-order valence-electron chi connectivity index (χ0n) is 12.9. The fourth-order valence-electron chi connectivity index (χ4n) is 1.66. The quantitative estimate of drug-likeness (QED) is 0.652. The van der Waals surface area contributed by atoms with Crippen LogP contribution in [0.5, 0.6) is 0 Å². The fourth-order valence-corrected chi connectivity index (χ4v) is 1.66. The molecule has 8 heteroatoms. The van der Waals surface area contributed by atoms with Crippen molar-refractivity contribution in [2.75, 3.05) is 79.3 Å². The average Bonchev–Trinajstić information content (AvgIpc) is 2.53. The molecule has 1 aliphatic heterocycles. The Morgan fingerprint density at radius 1 is 0.727 bits per heavy atom. The van der Waals surface area contributed by atoms with Crippen molar-refractivity contribution >= 4 is 6.47 Å². The number of carbonyl (C=O) groups excluding carboxylic acids is 1. The lowest BCUT2D eigenvalue weighted by molar-refractivity contribution is -0.136. The van der Waals surface area contributed by atoms with E-state index < -0.39 is 0 Å². The molecule has 0 aromatic heterocycles. The maximum absolute atomic E-state index is 10.3. The highest BCUT2D eigenvalue weighted by atomic mass is 16.6. The molecular weight excluding hydrogens is 296 g/mol. The van der Waals surface area contributed by atoms with E-state index in [1.807, 2.05) is 0 Å². The van der Waals surface area contributed by atoms with Gasteiger partial charge >= 0.3 is 0 Å². The number of rotatable bonds is 3. The van der Waals surface area contributed by atoms with E-state index in [2.05, 4.69) is 0 Å². The predicted molar refractivity (Wildman–Crippen MR) is 75.9 cm³/mol. The summed E-state index contributed by atoms with van der Waals surface area (Å²) >= 11 is 0. The van der Waals surface area contributed by atoms with Gasteiger partial charge in [0, 0.05) is 0 Å². The molecule has 1 rings (SSSR count). The van der Waals surface area contributed by atoms with E-state index in [-0.39, 0.29) is 12.7 Å². The highest BCUT2D eigenvalue weighted by Crippen LogP contribution is 1.96. The molecule has 0 saturated carbocycles. The van der Waals surface area contributed by atoms with Crippen LogP contribution in [0, 0.1) is 0 Å². The van der Waals surface area contributed by atoms with Crippen LogP contribution in [0.1, 0.15) is 0 Å². The van der Waals surface area contributed by atoms with Crippen molar-refractivity contribution in [1.29, 1.82) is 0 Å². The minimum absolute atomic E-state index is 0.154. The number of hydrogen-bond acceptors (Lipinski definition) is 8. The predicted octanol–water partition coefficient (Wildman–Crippen LogP) is -0.359. The van der Waals surface area contributed by atoms with Crippen molar-refractivity contribution in [1.82, 2.24) is 0 Å². The van der Waals surface area contributed by atoms with Crippen LogP contribution in [0.4, 0.5) is 0 Å². The van der Waals surface area contributed by atoms with Crippen LogP contribution in [0.2, 0.25) is 0 Å². The third-order valence-corrected chi connectivity index (χ3v) is 2.72. The summed E-state index contributed by atoms with van der Waals surface area (Å²) < 4.78 is 37.1. The second kappa shape index (κ2) is 15.1. The van der Waals surface area contributed by atoms with Gasteiger partial charge in [-0.25, -0.2) is 0 Å². The summed E-state index contributed by atoms with van der Waals surface area (Å²) in [7, 11) is 0. The van der Waals surface area contributed by atoms with Crippen molar-refractivity contribution in [2.24, 2.45) is 0 Å². The average molecular weight is 322 g/mol. The molecule has 0 aliphatic carbocycles. The van der Waals surface area contributed by atoms with Gasteiger partial charge in [-0.3, -0.25) is 4.79 Å². The van der Waals surface area contributed by atoms with Gasteiger partial charge in [0.15, 0.2) is 0 Å². The molecule has 0 spiro atoms. The zero-order valence-corrected chi connectivity index (χ0v) is 12.9. The van der Waals surface area contributed by atoms with Crippen LogP contribution in [0.25, 0.3) is 0 Å². The van der Waals surface area contributed by atoms with Crippen molar-refractivity contribution in [3.05, 3.63) is 0 Å². The van der Waals surface area contributed by atoms with Crippen molar-refractivity contribution in [3.63, 3.8) is 0 Å². The van der Waals surface area contributed by atoms with Crippen molar-refractivity contribution < 1.29 is 38.0 Å². The molecule has 1 heterocycles. The summed E-state index contributed by atoms with van der Waals surface area (Å²) in [6.07, 6.45) is -0.313. The summed E-state index contributed by atoms with van der Waals surface area (Å²) in [6, 6.07) is 0. The Bertz CT molecular complexity index is 233. The van der Waals surface area contributed by atoms with Gasteiger partial charge in [-0.1, -0.05) is 0 Å². The molecule has 130 valence electrons. The molecule has 0 aromatic carbocycles. The molecule has 0 amide bonds. The maximum atomic E-state index is 10.3. The standard InChI is InChI=1S/C14H26O8/c15-13-21-12-14-11-20-8-7-18-4-3-16-1-2-17-5-6-19-9-10-22-14/h13-14H,1-12H2. The van der Waals surface area contributed by atoms with Crippen LogP contribution < -0.4 is 0 Å². The molecule has 22 heavy (non-hydrogen) atoms. The Morgan fingerprint density at radius 2 is 1.18 bits per heavy atom. The number of ether oxygens (including phenoxy) is 7.